The average molecular weight is 221 g/mol. The van der Waals surface area contributed by atoms with Crippen LogP contribution in [0.3, 0.4) is 0 Å². The molecule has 2 unspecified atom stereocenters. The van der Waals surface area contributed by atoms with Crippen LogP contribution < -0.4 is 5.73 Å². The molecule has 0 spiro atoms. The molecule has 0 aliphatic carbocycles. The van der Waals surface area contributed by atoms with Gasteiger partial charge in [0.2, 0.25) is 0 Å². The Labute approximate surface area is 98.5 Å². The number of hydrogen-bond acceptors (Lipinski definition) is 3. The van der Waals surface area contributed by atoms with E-state index in [1.54, 1.807) is 12.4 Å². The highest BCUT2D eigenvalue weighted by Gasteiger charge is 2.13. The molecule has 0 radical (unpaired) electrons. The Morgan fingerprint density at radius 1 is 1.31 bits per heavy atom. The van der Waals surface area contributed by atoms with Gasteiger partial charge in [0.1, 0.15) is 0 Å². The fraction of sp³-hybridized carbons (Fsp3) is 0.692. The first kappa shape index (κ1) is 13.1. The van der Waals surface area contributed by atoms with Crippen molar-refractivity contribution in [2.24, 2.45) is 11.7 Å². The maximum atomic E-state index is 6.18. The maximum absolute atomic E-state index is 6.18. The minimum absolute atomic E-state index is 0.109. The summed E-state index contributed by atoms with van der Waals surface area (Å²) in [6, 6.07) is 2.07. The molecule has 1 rings (SSSR count). The predicted octanol–water partition coefficient (Wildman–Crippen LogP) is 3.08. The van der Waals surface area contributed by atoms with E-state index in [9.17, 15) is 0 Å². The van der Waals surface area contributed by atoms with Gasteiger partial charge in [-0.05, 0) is 24.0 Å². The third kappa shape index (κ3) is 4.27. The first-order chi connectivity index (χ1) is 7.77. The standard InChI is InChI=1S/C13H23N3/c1-3-5-6-11(4-2)9-13(14)12-7-8-15-16-10-12/h7-8,10-11,13H,3-6,9,14H2,1-2H3. The first-order valence-electron chi connectivity index (χ1n) is 6.30. The molecule has 1 aromatic rings. The second kappa shape index (κ2) is 7.34. The predicted molar refractivity (Wildman–Crippen MR) is 66.9 cm³/mol. The third-order valence-corrected chi connectivity index (χ3v) is 3.17. The van der Waals surface area contributed by atoms with E-state index in [0.717, 1.165) is 17.9 Å². The normalized spacial score (nSPS) is 14.7. The monoisotopic (exact) mass is 221 g/mol. The van der Waals surface area contributed by atoms with Gasteiger partial charge in [-0.1, -0.05) is 39.5 Å². The van der Waals surface area contributed by atoms with Crippen LogP contribution in [0.2, 0.25) is 0 Å². The molecule has 0 aliphatic heterocycles. The lowest BCUT2D eigenvalue weighted by atomic mass is 9.90. The SMILES string of the molecule is CCCCC(CC)CC(N)c1ccnnc1. The van der Waals surface area contributed by atoms with E-state index in [0.29, 0.717) is 0 Å². The Balaban J connectivity index is 2.45. The fourth-order valence-corrected chi connectivity index (χ4v) is 2.00. The zero-order valence-corrected chi connectivity index (χ0v) is 10.4. The Kier molecular flexibility index (Phi) is 6.01. The van der Waals surface area contributed by atoms with Crippen molar-refractivity contribution in [2.45, 2.75) is 52.0 Å². The van der Waals surface area contributed by atoms with Crippen molar-refractivity contribution in [2.75, 3.05) is 0 Å². The van der Waals surface area contributed by atoms with E-state index >= 15 is 0 Å². The molecule has 0 bridgehead atoms. The van der Waals surface area contributed by atoms with Crippen molar-refractivity contribution in [1.82, 2.24) is 10.2 Å². The lowest BCUT2D eigenvalue weighted by Crippen LogP contribution is -2.15. The molecular formula is C13H23N3. The summed E-state index contributed by atoms with van der Waals surface area (Å²) in [5.74, 6) is 0.739. The van der Waals surface area contributed by atoms with Crippen molar-refractivity contribution < 1.29 is 0 Å². The topological polar surface area (TPSA) is 51.8 Å². The molecule has 2 atom stereocenters. The van der Waals surface area contributed by atoms with E-state index in [1.165, 1.54) is 25.7 Å². The molecule has 90 valence electrons. The second-order valence-corrected chi connectivity index (χ2v) is 4.43. The molecule has 0 aliphatic rings. The van der Waals surface area contributed by atoms with Crippen LogP contribution >= 0.6 is 0 Å². The van der Waals surface area contributed by atoms with Crippen molar-refractivity contribution in [1.29, 1.82) is 0 Å². The summed E-state index contributed by atoms with van der Waals surface area (Å²) in [5, 5.41) is 7.64. The minimum atomic E-state index is 0.109. The molecule has 1 aromatic heterocycles. The molecule has 0 saturated heterocycles. The van der Waals surface area contributed by atoms with E-state index in [2.05, 4.69) is 24.0 Å². The lowest BCUT2D eigenvalue weighted by molar-refractivity contribution is 0.388. The molecular weight excluding hydrogens is 198 g/mol. The van der Waals surface area contributed by atoms with Gasteiger partial charge in [-0.3, -0.25) is 0 Å². The zero-order chi connectivity index (χ0) is 11.8. The van der Waals surface area contributed by atoms with Crippen LogP contribution in [0.15, 0.2) is 18.5 Å². The summed E-state index contributed by atoms with van der Waals surface area (Å²) in [6.07, 6.45) is 9.62. The smallest absolute Gasteiger partial charge is 0.0543 e. The van der Waals surface area contributed by atoms with Crippen molar-refractivity contribution in [3.8, 4) is 0 Å². The summed E-state index contributed by atoms with van der Waals surface area (Å²) in [7, 11) is 0. The maximum Gasteiger partial charge on any atom is 0.0543 e. The van der Waals surface area contributed by atoms with Crippen molar-refractivity contribution in [3.05, 3.63) is 24.0 Å². The van der Waals surface area contributed by atoms with Gasteiger partial charge in [0.05, 0.1) is 6.20 Å². The van der Waals surface area contributed by atoms with Gasteiger partial charge in [-0.15, -0.1) is 0 Å². The summed E-state index contributed by atoms with van der Waals surface area (Å²) in [5.41, 5.74) is 7.28. The number of nitrogens with two attached hydrogens (primary N) is 1. The second-order valence-electron chi connectivity index (χ2n) is 4.43. The number of nitrogens with zero attached hydrogens (tertiary/aromatic N) is 2. The van der Waals surface area contributed by atoms with E-state index in [1.807, 2.05) is 6.07 Å². The number of unbranched alkanes of at least 4 members (excludes halogenated alkanes) is 1. The van der Waals surface area contributed by atoms with Crippen LogP contribution in [0.5, 0.6) is 0 Å². The highest BCUT2D eigenvalue weighted by molar-refractivity contribution is 5.10. The van der Waals surface area contributed by atoms with Gasteiger partial charge in [-0.2, -0.15) is 10.2 Å². The van der Waals surface area contributed by atoms with Crippen molar-refractivity contribution >= 4 is 0 Å². The summed E-state index contributed by atoms with van der Waals surface area (Å²) >= 11 is 0. The van der Waals surface area contributed by atoms with Gasteiger partial charge in [0.15, 0.2) is 0 Å². The van der Waals surface area contributed by atoms with Crippen LogP contribution in [0, 0.1) is 5.92 Å². The molecule has 0 saturated carbocycles. The average Bonchev–Trinajstić information content (AvgIpc) is 2.35. The fourth-order valence-electron chi connectivity index (χ4n) is 2.00. The number of aromatic nitrogens is 2. The van der Waals surface area contributed by atoms with Gasteiger partial charge >= 0.3 is 0 Å². The summed E-state index contributed by atoms with van der Waals surface area (Å²) < 4.78 is 0. The quantitative estimate of drug-likeness (QED) is 0.769. The molecule has 0 amide bonds. The van der Waals surface area contributed by atoms with Crippen LogP contribution in [0.1, 0.15) is 57.6 Å². The molecule has 16 heavy (non-hydrogen) atoms. The molecule has 2 N–H and O–H groups in total. The Morgan fingerprint density at radius 2 is 2.12 bits per heavy atom. The minimum Gasteiger partial charge on any atom is -0.324 e. The van der Waals surface area contributed by atoms with Crippen LogP contribution in [-0.2, 0) is 0 Å². The summed E-state index contributed by atoms with van der Waals surface area (Å²) in [6.45, 7) is 4.48. The Morgan fingerprint density at radius 3 is 2.69 bits per heavy atom. The van der Waals surface area contributed by atoms with Crippen molar-refractivity contribution in [3.63, 3.8) is 0 Å². The van der Waals surface area contributed by atoms with Gasteiger partial charge in [-0.25, -0.2) is 0 Å². The Bertz CT molecular complexity index is 274. The third-order valence-electron chi connectivity index (χ3n) is 3.17. The molecule has 1 heterocycles. The van der Waals surface area contributed by atoms with E-state index in [-0.39, 0.29) is 6.04 Å². The van der Waals surface area contributed by atoms with Crippen LogP contribution in [-0.4, -0.2) is 10.2 Å². The number of hydrogen-bond donors (Lipinski definition) is 1. The highest BCUT2D eigenvalue weighted by atomic mass is 15.1. The van der Waals surface area contributed by atoms with Gasteiger partial charge in [0, 0.05) is 12.2 Å². The molecule has 0 aromatic carbocycles. The van der Waals surface area contributed by atoms with Gasteiger partial charge < -0.3 is 5.73 Å². The lowest BCUT2D eigenvalue weighted by Gasteiger charge is -2.19. The summed E-state index contributed by atoms with van der Waals surface area (Å²) in [4.78, 5) is 0. The van der Waals surface area contributed by atoms with Crippen LogP contribution in [0.25, 0.3) is 0 Å². The molecule has 0 fully saturated rings. The highest BCUT2D eigenvalue weighted by Crippen LogP contribution is 2.24. The molecule has 3 nitrogen and oxygen atoms in total. The molecule has 3 heteroatoms. The van der Waals surface area contributed by atoms with E-state index in [4.69, 9.17) is 5.73 Å². The Hall–Kier alpha value is -0.960. The first-order valence-corrected chi connectivity index (χ1v) is 6.30. The van der Waals surface area contributed by atoms with Crippen LogP contribution in [0.4, 0.5) is 0 Å². The zero-order valence-electron chi connectivity index (χ0n) is 10.4. The number of rotatable bonds is 7. The van der Waals surface area contributed by atoms with E-state index < -0.39 is 0 Å². The largest absolute Gasteiger partial charge is 0.324 e. The van der Waals surface area contributed by atoms with Gasteiger partial charge in [0.25, 0.3) is 0 Å².